The van der Waals surface area contributed by atoms with Crippen molar-refractivity contribution in [3.63, 3.8) is 0 Å². The van der Waals surface area contributed by atoms with E-state index in [1.165, 1.54) is 36.8 Å². The van der Waals surface area contributed by atoms with Crippen molar-refractivity contribution >= 4 is 0 Å². The quantitative estimate of drug-likeness (QED) is 0.181. The molecule has 42 heavy (non-hydrogen) atoms. The second kappa shape index (κ2) is 34.1. The first-order valence-electron chi connectivity index (χ1n) is 15.0. The molecule has 1 aromatic rings. The van der Waals surface area contributed by atoms with Gasteiger partial charge < -0.3 is 56.7 Å². The molecule has 2 saturated heterocycles. The third kappa shape index (κ3) is 24.6. The molecule has 0 amide bonds. The summed E-state index contributed by atoms with van der Waals surface area (Å²) in [6.07, 6.45) is 4.80. The van der Waals surface area contributed by atoms with Gasteiger partial charge in [0.2, 0.25) is 0 Å². The molecule has 240 valence electrons. The molecule has 0 unspecified atom stereocenters. The smallest absolute Gasteiger partial charge is 0.0234 e. The minimum Gasteiger partial charge on any atom is -0.315 e. The van der Waals surface area contributed by atoms with Gasteiger partial charge in [-0.2, -0.15) is 0 Å². The molecule has 0 spiro atoms. The summed E-state index contributed by atoms with van der Waals surface area (Å²) in [6, 6.07) is 9.42. The molecule has 0 atom stereocenters. The zero-order valence-corrected chi connectivity index (χ0v) is 29.5. The van der Waals surface area contributed by atoms with Gasteiger partial charge in [0.15, 0.2) is 0 Å². The van der Waals surface area contributed by atoms with Gasteiger partial charge in [-0.3, -0.25) is 9.80 Å². The Morgan fingerprint density at radius 2 is 0.714 bits per heavy atom. The van der Waals surface area contributed by atoms with Crippen molar-refractivity contribution in [2.24, 2.45) is 0 Å². The summed E-state index contributed by atoms with van der Waals surface area (Å²) in [5.74, 6) is 0. The van der Waals surface area contributed by atoms with Gasteiger partial charge in [0.1, 0.15) is 0 Å². The van der Waals surface area contributed by atoms with Crippen LogP contribution in [0.2, 0.25) is 0 Å². The maximum absolute atomic E-state index is 8.19. The van der Waals surface area contributed by atoms with Crippen molar-refractivity contribution in [2.45, 2.75) is 38.8 Å². The molecule has 3 rings (SSSR count). The van der Waals surface area contributed by atoms with Gasteiger partial charge in [0, 0.05) is 65.4 Å². The topological polar surface area (TPSA) is 113 Å². The summed E-state index contributed by atoms with van der Waals surface area (Å²) in [5, 5.41) is 21.4. The Morgan fingerprint density at radius 3 is 1.05 bits per heavy atom. The fourth-order valence-electron chi connectivity index (χ4n) is 4.92. The summed E-state index contributed by atoms with van der Waals surface area (Å²) in [4.78, 5) is 5.23. The number of hydrogen-bond donors (Lipinski definition) is 6. The summed E-state index contributed by atoms with van der Waals surface area (Å²) in [7, 11) is 0. The molecule has 0 saturated carbocycles. The molecule has 2 aliphatic rings. The predicted molar refractivity (Wildman–Crippen MR) is 154 cm³/mol. The van der Waals surface area contributed by atoms with Gasteiger partial charge >= 0.3 is 42.1 Å². The van der Waals surface area contributed by atoms with Crippen molar-refractivity contribution in [1.29, 1.82) is 0 Å². The maximum atomic E-state index is 8.19. The van der Waals surface area contributed by atoms with Crippen LogP contribution in [0, 0.1) is 0 Å². The molecule has 0 bridgehead atoms. The van der Waals surface area contributed by atoms with Gasteiger partial charge in [-0.15, -0.1) is 0 Å². The third-order valence-electron chi connectivity index (χ3n) is 7.07. The van der Waals surface area contributed by atoms with Crippen LogP contribution < -0.4 is 56.7 Å². The van der Waals surface area contributed by atoms with E-state index in [0.29, 0.717) is 0 Å². The molecule has 2 heterocycles. The largest absolute Gasteiger partial charge is 0.315 e. The fraction of sp³-hybridized carbons (Fsp3) is 0.786. The van der Waals surface area contributed by atoms with Crippen molar-refractivity contribution in [2.75, 3.05) is 105 Å². The Bertz CT molecular complexity index is 619. The van der Waals surface area contributed by atoms with Crippen LogP contribution in [0.4, 0.5) is 0 Å². The van der Waals surface area contributed by atoms with E-state index in [4.69, 9.17) is 7.35 Å². The molecule has 14 heteroatoms. The number of benzene rings is 1. The SMILES string of the molecule is [Cl-].[Cl-].[O]=[V+2].[O]=[V+2].c1cc(CN2CCCNCCNCCCNCC2)ccc1CN1CCCNCCNCCCNCC1. The van der Waals surface area contributed by atoms with E-state index in [1.807, 2.05) is 0 Å². The van der Waals surface area contributed by atoms with Crippen molar-refractivity contribution in [3.8, 4) is 0 Å². The molecule has 1 aromatic carbocycles. The van der Waals surface area contributed by atoms with E-state index < -0.39 is 0 Å². The van der Waals surface area contributed by atoms with Crippen LogP contribution in [0.15, 0.2) is 24.3 Å². The van der Waals surface area contributed by atoms with Crippen LogP contribution in [0.5, 0.6) is 0 Å². The molecule has 6 N–H and O–H groups in total. The molecule has 2 fully saturated rings. The van der Waals surface area contributed by atoms with Crippen LogP contribution >= 0.6 is 0 Å². The van der Waals surface area contributed by atoms with Gasteiger partial charge in [0.25, 0.3) is 0 Å². The monoisotopic (exact) mass is 706 g/mol. The molecule has 0 aliphatic carbocycles. The zero-order chi connectivity index (χ0) is 28.9. The molecule has 10 nitrogen and oxygen atoms in total. The Hall–Kier alpha value is 0.249. The van der Waals surface area contributed by atoms with E-state index in [1.54, 1.807) is 0 Å². The third-order valence-corrected chi connectivity index (χ3v) is 7.07. The second-order valence-electron chi connectivity index (χ2n) is 10.3. The first kappa shape index (κ1) is 44.4. The number of hydrogen-bond acceptors (Lipinski definition) is 10. The second-order valence-corrected chi connectivity index (χ2v) is 10.3. The first-order chi connectivity index (χ1) is 19.9. The Morgan fingerprint density at radius 1 is 0.429 bits per heavy atom. The number of halogens is 2. The Balaban J connectivity index is 0. The maximum Gasteiger partial charge on any atom is 0.0234 e. The summed E-state index contributed by atoms with van der Waals surface area (Å²) < 4.78 is 16.4. The van der Waals surface area contributed by atoms with Gasteiger partial charge in [-0.05, 0) is 89.2 Å². The van der Waals surface area contributed by atoms with Crippen LogP contribution in [-0.2, 0) is 55.2 Å². The van der Waals surface area contributed by atoms with E-state index in [2.05, 4.69) is 66.0 Å². The molecular weight excluding hydrogens is 653 g/mol. The van der Waals surface area contributed by atoms with Crippen LogP contribution in [0.3, 0.4) is 0 Å². The average molecular weight is 708 g/mol. The Kier molecular flexibility index (Phi) is 36.1. The van der Waals surface area contributed by atoms with Crippen LogP contribution in [0.25, 0.3) is 0 Å². The fourth-order valence-corrected chi connectivity index (χ4v) is 4.92. The minimum atomic E-state index is 0. The Labute approximate surface area is 286 Å². The first-order valence-corrected chi connectivity index (χ1v) is 16.2. The van der Waals surface area contributed by atoms with Crippen molar-refractivity contribution in [3.05, 3.63) is 35.4 Å². The number of nitrogens with zero attached hydrogens (tertiary/aromatic N) is 2. The van der Waals surface area contributed by atoms with Gasteiger partial charge in [0.05, 0.1) is 0 Å². The van der Waals surface area contributed by atoms with Crippen LogP contribution in [-0.4, -0.2) is 115 Å². The van der Waals surface area contributed by atoms with Crippen molar-refractivity contribution < 1.29 is 66.9 Å². The minimum absolute atomic E-state index is 0. The number of nitrogens with one attached hydrogen (secondary N) is 6. The molecule has 0 radical (unpaired) electrons. The van der Waals surface area contributed by atoms with E-state index in [0.717, 1.165) is 153 Å². The van der Waals surface area contributed by atoms with Gasteiger partial charge in [-0.25, -0.2) is 0 Å². The summed E-state index contributed by atoms with van der Waals surface area (Å²) >= 11 is 2.12. The standard InChI is InChI=1S/C28H54N8.2ClH.2O.2V/c1-9-29-15-17-31-13-3-21-35(23-19-33-11-1)25-27-5-7-28(8-6-27)26-36-22-4-14-32-18-16-30-10-2-12-34-20-24-36;;;;;;/h5-8,29-34H,1-4,9-26H2;2*1H;;;;/q;;;;;2*+2/p-2. The molecule has 0 aromatic heterocycles. The van der Waals surface area contributed by atoms with E-state index in [9.17, 15) is 0 Å². The summed E-state index contributed by atoms with van der Waals surface area (Å²) in [6.45, 7) is 19.6. The van der Waals surface area contributed by atoms with E-state index in [-0.39, 0.29) is 24.8 Å². The molecular formula is C28H54Cl2N8O2V2+2. The number of rotatable bonds is 4. The van der Waals surface area contributed by atoms with E-state index >= 15 is 0 Å². The van der Waals surface area contributed by atoms with Crippen molar-refractivity contribution in [1.82, 2.24) is 41.7 Å². The normalized spacial score (nSPS) is 19.9. The zero-order valence-electron chi connectivity index (χ0n) is 25.2. The molecule has 2 aliphatic heterocycles. The van der Waals surface area contributed by atoms with Crippen LogP contribution in [0.1, 0.15) is 36.8 Å². The summed E-state index contributed by atoms with van der Waals surface area (Å²) in [5.41, 5.74) is 2.86. The predicted octanol–water partition coefficient (Wildman–Crippen LogP) is -5.82. The van der Waals surface area contributed by atoms with Gasteiger partial charge in [-0.1, -0.05) is 24.3 Å². The average Bonchev–Trinajstić information content (AvgIpc) is 3.00.